The summed E-state index contributed by atoms with van der Waals surface area (Å²) in [6.07, 6.45) is 2.85. The van der Waals surface area contributed by atoms with Crippen LogP contribution in [0.3, 0.4) is 0 Å². The van der Waals surface area contributed by atoms with E-state index in [4.69, 9.17) is 0 Å². The highest BCUT2D eigenvalue weighted by Crippen LogP contribution is 2.18. The molecule has 0 spiro atoms. The molecule has 2 amide bonds. The Labute approximate surface area is 179 Å². The Morgan fingerprint density at radius 1 is 0.935 bits per heavy atom. The normalized spacial score (nSPS) is 11.6. The fourth-order valence-corrected chi connectivity index (χ4v) is 2.94. The van der Waals surface area contributed by atoms with Crippen LogP contribution < -0.4 is 10.6 Å². The average Bonchev–Trinajstić information content (AvgIpc) is 2.79. The lowest BCUT2D eigenvalue weighted by Crippen LogP contribution is -2.27. The number of hydrogen-bond acceptors (Lipinski definition) is 4. The van der Waals surface area contributed by atoms with Gasteiger partial charge in [-0.15, -0.1) is 0 Å². The Kier molecular flexibility index (Phi) is 6.90. The Morgan fingerprint density at radius 3 is 2.26 bits per heavy atom. The van der Waals surface area contributed by atoms with E-state index in [9.17, 15) is 19.7 Å². The van der Waals surface area contributed by atoms with E-state index in [2.05, 4.69) is 10.6 Å². The van der Waals surface area contributed by atoms with Gasteiger partial charge in [-0.05, 0) is 48.4 Å². The first-order chi connectivity index (χ1) is 14.9. The van der Waals surface area contributed by atoms with E-state index in [1.807, 2.05) is 37.3 Å². The molecule has 0 fully saturated rings. The van der Waals surface area contributed by atoms with Crippen LogP contribution in [0, 0.1) is 10.1 Å². The molecule has 0 aliphatic heterocycles. The van der Waals surface area contributed by atoms with Crippen molar-refractivity contribution in [1.29, 1.82) is 0 Å². The number of carbonyl (C=O) groups is 2. The van der Waals surface area contributed by atoms with E-state index >= 15 is 0 Å². The molecule has 2 N–H and O–H groups in total. The molecule has 0 aromatic heterocycles. The topological polar surface area (TPSA) is 101 Å². The molecule has 7 nitrogen and oxygen atoms in total. The number of carbonyl (C=O) groups excluding carboxylic acids is 2. The summed E-state index contributed by atoms with van der Waals surface area (Å²) in [6.45, 7) is 1.89. The molecule has 3 aromatic rings. The molecule has 0 saturated heterocycles. The zero-order chi connectivity index (χ0) is 22.2. The van der Waals surface area contributed by atoms with Crippen molar-refractivity contribution >= 4 is 29.3 Å². The first kappa shape index (κ1) is 21.4. The van der Waals surface area contributed by atoms with E-state index in [0.29, 0.717) is 16.8 Å². The van der Waals surface area contributed by atoms with Gasteiger partial charge in [-0.3, -0.25) is 19.7 Å². The van der Waals surface area contributed by atoms with Crippen LogP contribution in [0.4, 0.5) is 11.4 Å². The molecule has 0 aliphatic carbocycles. The van der Waals surface area contributed by atoms with Crippen molar-refractivity contribution in [2.24, 2.45) is 0 Å². The van der Waals surface area contributed by atoms with Crippen LogP contribution in [-0.4, -0.2) is 16.7 Å². The SMILES string of the molecule is CC(NC(=O)c1ccccc1NC(=O)/C=C/c1ccc([N+](=O)[O-])cc1)c1ccccc1. The van der Waals surface area contributed by atoms with Gasteiger partial charge in [0.05, 0.1) is 22.2 Å². The maximum absolute atomic E-state index is 12.8. The molecule has 3 aromatic carbocycles. The van der Waals surface area contributed by atoms with Crippen LogP contribution >= 0.6 is 0 Å². The number of nitro groups is 1. The maximum atomic E-state index is 12.8. The summed E-state index contributed by atoms with van der Waals surface area (Å²) in [5, 5.41) is 16.4. The molecule has 1 unspecified atom stereocenters. The van der Waals surface area contributed by atoms with Gasteiger partial charge in [0.2, 0.25) is 5.91 Å². The van der Waals surface area contributed by atoms with Crippen molar-refractivity contribution in [3.63, 3.8) is 0 Å². The summed E-state index contributed by atoms with van der Waals surface area (Å²) in [5.74, 6) is -0.721. The Morgan fingerprint density at radius 2 is 1.58 bits per heavy atom. The third-order valence-corrected chi connectivity index (χ3v) is 4.61. The van der Waals surface area contributed by atoms with E-state index in [1.54, 1.807) is 42.5 Å². The molecule has 0 bridgehead atoms. The highest BCUT2D eigenvalue weighted by Gasteiger charge is 2.15. The minimum Gasteiger partial charge on any atom is -0.345 e. The molecule has 0 radical (unpaired) electrons. The van der Waals surface area contributed by atoms with E-state index in [1.165, 1.54) is 18.2 Å². The quantitative estimate of drug-likeness (QED) is 0.331. The Balaban J connectivity index is 1.67. The minimum atomic E-state index is -0.485. The molecule has 0 heterocycles. The van der Waals surface area contributed by atoms with Gasteiger partial charge in [-0.25, -0.2) is 0 Å². The number of benzene rings is 3. The lowest BCUT2D eigenvalue weighted by Gasteiger charge is -2.16. The zero-order valence-corrected chi connectivity index (χ0v) is 16.8. The fourth-order valence-electron chi connectivity index (χ4n) is 2.94. The number of amides is 2. The zero-order valence-electron chi connectivity index (χ0n) is 16.8. The van der Waals surface area contributed by atoms with Crippen LogP contribution in [0.15, 0.2) is 84.9 Å². The predicted molar refractivity (Wildman–Crippen MR) is 120 cm³/mol. The van der Waals surface area contributed by atoms with Gasteiger partial charge in [0.15, 0.2) is 0 Å². The van der Waals surface area contributed by atoms with Crippen molar-refractivity contribution in [3.05, 3.63) is 112 Å². The third kappa shape index (κ3) is 5.86. The highest BCUT2D eigenvalue weighted by atomic mass is 16.6. The number of hydrogen-bond donors (Lipinski definition) is 2. The summed E-state index contributed by atoms with van der Waals surface area (Å²) in [6, 6.07) is 22.0. The number of nitrogens with zero attached hydrogens (tertiary/aromatic N) is 1. The Bertz CT molecular complexity index is 1110. The number of non-ortho nitro benzene ring substituents is 1. The molecule has 3 rings (SSSR count). The van der Waals surface area contributed by atoms with Gasteiger partial charge in [0.1, 0.15) is 0 Å². The van der Waals surface area contributed by atoms with Gasteiger partial charge < -0.3 is 10.6 Å². The van der Waals surface area contributed by atoms with Gasteiger partial charge in [0.25, 0.3) is 11.6 Å². The predicted octanol–water partition coefficient (Wildman–Crippen LogP) is 4.74. The minimum absolute atomic E-state index is 0.0220. The molecule has 7 heteroatoms. The first-order valence-corrected chi connectivity index (χ1v) is 9.62. The lowest BCUT2D eigenvalue weighted by atomic mass is 10.1. The van der Waals surface area contributed by atoms with Crippen LogP contribution in [0.5, 0.6) is 0 Å². The molecule has 0 saturated carbocycles. The molecule has 31 heavy (non-hydrogen) atoms. The third-order valence-electron chi connectivity index (χ3n) is 4.61. The first-order valence-electron chi connectivity index (χ1n) is 9.62. The van der Waals surface area contributed by atoms with Gasteiger partial charge in [-0.2, -0.15) is 0 Å². The van der Waals surface area contributed by atoms with Crippen molar-refractivity contribution in [2.75, 3.05) is 5.32 Å². The number of para-hydroxylation sites is 1. The van der Waals surface area contributed by atoms with E-state index < -0.39 is 10.8 Å². The maximum Gasteiger partial charge on any atom is 0.269 e. The summed E-state index contributed by atoms with van der Waals surface area (Å²) < 4.78 is 0. The molecule has 1 atom stereocenters. The summed E-state index contributed by atoms with van der Waals surface area (Å²) in [4.78, 5) is 35.3. The second kappa shape index (κ2) is 9.98. The monoisotopic (exact) mass is 415 g/mol. The molecular formula is C24H21N3O4. The van der Waals surface area contributed by atoms with Crippen molar-refractivity contribution in [3.8, 4) is 0 Å². The number of nitro benzene ring substituents is 1. The molecule has 0 aliphatic rings. The highest BCUT2D eigenvalue weighted by molar-refractivity contribution is 6.07. The lowest BCUT2D eigenvalue weighted by molar-refractivity contribution is -0.384. The number of nitrogens with one attached hydrogen (secondary N) is 2. The van der Waals surface area contributed by atoms with Crippen molar-refractivity contribution in [2.45, 2.75) is 13.0 Å². The van der Waals surface area contributed by atoms with Gasteiger partial charge in [-0.1, -0.05) is 42.5 Å². The van der Waals surface area contributed by atoms with E-state index in [0.717, 1.165) is 5.56 Å². The van der Waals surface area contributed by atoms with Crippen LogP contribution in [0.2, 0.25) is 0 Å². The smallest absolute Gasteiger partial charge is 0.269 e. The molecular weight excluding hydrogens is 394 g/mol. The van der Waals surface area contributed by atoms with Crippen LogP contribution in [-0.2, 0) is 4.79 Å². The van der Waals surface area contributed by atoms with Gasteiger partial charge in [0, 0.05) is 18.2 Å². The number of rotatable bonds is 7. The largest absolute Gasteiger partial charge is 0.345 e. The summed E-state index contributed by atoms with van der Waals surface area (Å²) in [7, 11) is 0. The number of anilines is 1. The average molecular weight is 415 g/mol. The van der Waals surface area contributed by atoms with Gasteiger partial charge >= 0.3 is 0 Å². The fraction of sp³-hybridized carbons (Fsp3) is 0.0833. The molecule has 156 valence electrons. The second-order valence-electron chi connectivity index (χ2n) is 6.82. The van der Waals surface area contributed by atoms with Crippen molar-refractivity contribution < 1.29 is 14.5 Å². The van der Waals surface area contributed by atoms with E-state index in [-0.39, 0.29) is 17.6 Å². The Hall–Kier alpha value is -4.26. The summed E-state index contributed by atoms with van der Waals surface area (Å²) >= 11 is 0. The van der Waals surface area contributed by atoms with Crippen LogP contribution in [0.1, 0.15) is 34.5 Å². The standard InChI is InChI=1S/C24H21N3O4/c1-17(19-7-3-2-4-8-19)25-24(29)21-9-5-6-10-22(21)26-23(28)16-13-18-11-14-20(15-12-18)27(30)31/h2-17H,1H3,(H,25,29)(H,26,28)/b16-13+. The second-order valence-corrected chi connectivity index (χ2v) is 6.82. The van der Waals surface area contributed by atoms with Crippen molar-refractivity contribution in [1.82, 2.24) is 5.32 Å². The van der Waals surface area contributed by atoms with Crippen LogP contribution in [0.25, 0.3) is 6.08 Å². The summed E-state index contributed by atoms with van der Waals surface area (Å²) in [5.41, 5.74) is 2.33.